The smallest absolute Gasteiger partial charge is 0.129 e. The van der Waals surface area contributed by atoms with Gasteiger partial charge in [0, 0.05) is 19.9 Å². The van der Waals surface area contributed by atoms with Gasteiger partial charge in [-0.05, 0) is 65.7 Å². The van der Waals surface area contributed by atoms with E-state index >= 15 is 0 Å². The second-order valence-electron chi connectivity index (χ2n) is 4.73. The molecular formula is C16H20INOS. The van der Waals surface area contributed by atoms with Gasteiger partial charge in [-0.1, -0.05) is 19.1 Å². The molecule has 0 saturated carbocycles. The minimum atomic E-state index is 0.365. The fourth-order valence-corrected chi connectivity index (χ4v) is 3.36. The molecule has 0 aliphatic heterocycles. The van der Waals surface area contributed by atoms with Crippen LogP contribution in [-0.2, 0) is 6.42 Å². The minimum absolute atomic E-state index is 0.365. The Kier molecular flexibility index (Phi) is 6.32. The van der Waals surface area contributed by atoms with E-state index < -0.39 is 0 Å². The summed E-state index contributed by atoms with van der Waals surface area (Å²) in [7, 11) is 1.72. The number of rotatable bonds is 7. The van der Waals surface area contributed by atoms with Crippen LogP contribution in [0.2, 0.25) is 0 Å². The molecule has 0 radical (unpaired) electrons. The molecule has 1 aromatic carbocycles. The summed E-state index contributed by atoms with van der Waals surface area (Å²) >= 11 is 4.11. The molecule has 0 aliphatic rings. The van der Waals surface area contributed by atoms with Crippen LogP contribution >= 0.6 is 33.9 Å². The number of ether oxygens (including phenoxy) is 1. The van der Waals surface area contributed by atoms with E-state index in [2.05, 4.69) is 70.5 Å². The molecule has 0 bridgehead atoms. The van der Waals surface area contributed by atoms with Crippen LogP contribution in [0.4, 0.5) is 0 Å². The van der Waals surface area contributed by atoms with Gasteiger partial charge in [0.1, 0.15) is 5.75 Å². The summed E-state index contributed by atoms with van der Waals surface area (Å²) in [6.45, 7) is 3.24. The van der Waals surface area contributed by atoms with Crippen LogP contribution in [0.5, 0.6) is 5.75 Å². The van der Waals surface area contributed by atoms with Crippen molar-refractivity contribution in [2.45, 2.75) is 25.8 Å². The molecule has 0 saturated heterocycles. The lowest BCUT2D eigenvalue weighted by atomic mass is 10.0. The molecule has 4 heteroatoms. The number of methoxy groups -OCH3 is 1. The van der Waals surface area contributed by atoms with Crippen LogP contribution in [0.15, 0.2) is 35.7 Å². The lowest BCUT2D eigenvalue weighted by Crippen LogP contribution is -2.23. The second kappa shape index (κ2) is 8.00. The molecule has 2 rings (SSSR count). The maximum Gasteiger partial charge on any atom is 0.129 e. The molecule has 0 fully saturated rings. The van der Waals surface area contributed by atoms with Crippen LogP contribution < -0.4 is 10.1 Å². The SMILES string of the molecule is CCCNC(Cc1ccc(I)cc1)c1cc(OC)cs1. The summed E-state index contributed by atoms with van der Waals surface area (Å²) < 4.78 is 6.58. The Morgan fingerprint density at radius 2 is 2.05 bits per heavy atom. The van der Waals surface area contributed by atoms with Crippen LogP contribution in [0, 0.1) is 3.57 Å². The van der Waals surface area contributed by atoms with Crippen molar-refractivity contribution in [1.29, 1.82) is 0 Å². The predicted octanol–water partition coefficient (Wildman–Crippen LogP) is 4.64. The Morgan fingerprint density at radius 1 is 1.30 bits per heavy atom. The maximum absolute atomic E-state index is 5.30. The van der Waals surface area contributed by atoms with E-state index in [0.29, 0.717) is 6.04 Å². The Morgan fingerprint density at radius 3 is 2.65 bits per heavy atom. The number of halogens is 1. The van der Waals surface area contributed by atoms with E-state index in [0.717, 1.165) is 25.1 Å². The zero-order valence-electron chi connectivity index (χ0n) is 11.9. The summed E-state index contributed by atoms with van der Waals surface area (Å²) in [5.41, 5.74) is 1.37. The van der Waals surface area contributed by atoms with Gasteiger partial charge in [0.15, 0.2) is 0 Å². The highest BCUT2D eigenvalue weighted by Gasteiger charge is 2.14. The van der Waals surface area contributed by atoms with Gasteiger partial charge >= 0.3 is 0 Å². The van der Waals surface area contributed by atoms with Gasteiger partial charge in [0.25, 0.3) is 0 Å². The van der Waals surface area contributed by atoms with Crippen LogP contribution in [0.1, 0.15) is 29.8 Å². The van der Waals surface area contributed by atoms with Gasteiger partial charge in [0.2, 0.25) is 0 Å². The summed E-state index contributed by atoms with van der Waals surface area (Å²) in [6, 6.07) is 11.3. The van der Waals surface area contributed by atoms with Gasteiger partial charge in [-0.3, -0.25) is 0 Å². The van der Waals surface area contributed by atoms with Crippen molar-refractivity contribution in [3.63, 3.8) is 0 Å². The summed E-state index contributed by atoms with van der Waals surface area (Å²) in [4.78, 5) is 1.34. The normalized spacial score (nSPS) is 12.3. The van der Waals surface area contributed by atoms with Crippen molar-refractivity contribution in [1.82, 2.24) is 5.32 Å². The quantitative estimate of drug-likeness (QED) is 0.683. The third-order valence-corrected chi connectivity index (χ3v) is 4.91. The van der Waals surface area contributed by atoms with E-state index in [9.17, 15) is 0 Å². The largest absolute Gasteiger partial charge is 0.496 e. The molecule has 1 unspecified atom stereocenters. The maximum atomic E-state index is 5.30. The molecule has 108 valence electrons. The van der Waals surface area contributed by atoms with Crippen molar-refractivity contribution >= 4 is 33.9 Å². The van der Waals surface area contributed by atoms with Gasteiger partial charge in [-0.25, -0.2) is 0 Å². The van der Waals surface area contributed by atoms with Crippen LogP contribution in [0.3, 0.4) is 0 Å². The molecule has 2 nitrogen and oxygen atoms in total. The zero-order valence-corrected chi connectivity index (χ0v) is 14.8. The van der Waals surface area contributed by atoms with Crippen molar-refractivity contribution in [2.24, 2.45) is 0 Å². The highest BCUT2D eigenvalue weighted by molar-refractivity contribution is 14.1. The first-order valence-electron chi connectivity index (χ1n) is 6.83. The molecule has 0 spiro atoms. The third-order valence-electron chi connectivity index (χ3n) is 3.17. The summed E-state index contributed by atoms with van der Waals surface area (Å²) in [5, 5.41) is 5.71. The third kappa shape index (κ3) is 4.46. The Labute approximate surface area is 138 Å². The molecule has 20 heavy (non-hydrogen) atoms. The van der Waals surface area contributed by atoms with E-state index in [1.165, 1.54) is 14.0 Å². The topological polar surface area (TPSA) is 21.3 Å². The molecule has 0 aliphatic carbocycles. The molecular weight excluding hydrogens is 381 g/mol. The number of nitrogens with one attached hydrogen (secondary N) is 1. The first-order valence-corrected chi connectivity index (χ1v) is 8.79. The van der Waals surface area contributed by atoms with E-state index in [4.69, 9.17) is 4.74 Å². The fourth-order valence-electron chi connectivity index (χ4n) is 2.07. The van der Waals surface area contributed by atoms with E-state index in [-0.39, 0.29) is 0 Å². The van der Waals surface area contributed by atoms with Gasteiger partial charge in [-0.15, -0.1) is 11.3 Å². The molecule has 1 aromatic heterocycles. The zero-order chi connectivity index (χ0) is 14.4. The van der Waals surface area contributed by atoms with Gasteiger partial charge in [-0.2, -0.15) is 0 Å². The number of hydrogen-bond donors (Lipinski definition) is 1. The highest BCUT2D eigenvalue weighted by atomic mass is 127. The lowest BCUT2D eigenvalue weighted by Gasteiger charge is -2.17. The number of benzene rings is 1. The minimum Gasteiger partial charge on any atom is -0.496 e. The highest BCUT2D eigenvalue weighted by Crippen LogP contribution is 2.29. The average Bonchev–Trinajstić information content (AvgIpc) is 2.94. The predicted molar refractivity (Wildman–Crippen MR) is 94.8 cm³/mol. The molecule has 0 amide bonds. The van der Waals surface area contributed by atoms with Crippen LogP contribution in [-0.4, -0.2) is 13.7 Å². The average molecular weight is 401 g/mol. The standard InChI is InChI=1S/C16H20INOS/c1-3-8-18-15(16-10-14(19-2)11-20-16)9-12-4-6-13(17)7-5-12/h4-7,10-11,15,18H,3,8-9H2,1-2H3. The molecule has 1 atom stereocenters. The summed E-state index contributed by atoms with van der Waals surface area (Å²) in [5.74, 6) is 0.955. The monoisotopic (exact) mass is 401 g/mol. The first kappa shape index (κ1) is 15.8. The van der Waals surface area contributed by atoms with E-state index in [1.54, 1.807) is 18.4 Å². The Balaban J connectivity index is 2.12. The fraction of sp³-hybridized carbons (Fsp3) is 0.375. The lowest BCUT2D eigenvalue weighted by molar-refractivity contribution is 0.415. The number of hydrogen-bond acceptors (Lipinski definition) is 3. The summed E-state index contributed by atoms with van der Waals surface area (Å²) in [6.07, 6.45) is 2.16. The Bertz CT molecular complexity index is 524. The van der Waals surface area contributed by atoms with E-state index in [1.807, 2.05) is 0 Å². The second-order valence-corrected chi connectivity index (χ2v) is 6.91. The molecule has 2 aromatic rings. The first-order chi connectivity index (χ1) is 9.72. The van der Waals surface area contributed by atoms with Crippen molar-refractivity contribution < 1.29 is 4.74 Å². The molecule has 1 N–H and O–H groups in total. The van der Waals surface area contributed by atoms with Gasteiger partial charge in [0.05, 0.1) is 7.11 Å². The van der Waals surface area contributed by atoms with Crippen LogP contribution in [0.25, 0.3) is 0 Å². The number of thiophene rings is 1. The Hall–Kier alpha value is -0.590. The van der Waals surface area contributed by atoms with Crippen molar-refractivity contribution in [3.05, 3.63) is 49.7 Å². The van der Waals surface area contributed by atoms with Crippen molar-refractivity contribution in [2.75, 3.05) is 13.7 Å². The van der Waals surface area contributed by atoms with Crippen molar-refractivity contribution in [3.8, 4) is 5.75 Å². The van der Waals surface area contributed by atoms with Gasteiger partial charge < -0.3 is 10.1 Å². The molecule has 1 heterocycles.